The molecule has 1 aliphatic heterocycles. The molecule has 1 heterocycles. The normalized spacial score (nSPS) is 16.1. The molecule has 1 N–H and O–H groups in total. The average Bonchev–Trinajstić information content (AvgIpc) is 2.81. The van der Waals surface area contributed by atoms with E-state index < -0.39 is 17.0 Å². The zero-order valence-corrected chi connectivity index (χ0v) is 14.8. The molecule has 0 aliphatic carbocycles. The monoisotopic (exact) mass is 397 g/mol. The van der Waals surface area contributed by atoms with Crippen molar-refractivity contribution in [2.24, 2.45) is 0 Å². The number of imide groups is 1. The molecule has 0 saturated carbocycles. The van der Waals surface area contributed by atoms with E-state index in [0.29, 0.717) is 11.1 Å². The lowest BCUT2D eigenvalue weighted by Gasteiger charge is -2.13. The molecule has 1 saturated heterocycles. The molecule has 1 aliphatic rings. The molecule has 2 aromatic rings. The minimum atomic E-state index is -0.494. The zero-order chi connectivity index (χ0) is 18.1. The fraction of sp³-hybridized carbons (Fsp3) is 0.0588. The van der Waals surface area contributed by atoms with Crippen molar-refractivity contribution in [2.45, 2.75) is 6.54 Å². The average molecular weight is 398 g/mol. The highest BCUT2D eigenvalue weighted by Gasteiger charge is 2.35. The van der Waals surface area contributed by atoms with Crippen molar-refractivity contribution < 1.29 is 19.1 Å². The van der Waals surface area contributed by atoms with Gasteiger partial charge in [-0.05, 0) is 53.2 Å². The van der Waals surface area contributed by atoms with E-state index in [0.717, 1.165) is 22.7 Å². The fourth-order valence-electron chi connectivity index (χ4n) is 2.22. The summed E-state index contributed by atoms with van der Waals surface area (Å²) < 4.78 is 13.1. The summed E-state index contributed by atoms with van der Waals surface area (Å²) in [5, 5.41) is 9.27. The maximum absolute atomic E-state index is 13.1. The number of nitrogens with zero attached hydrogens (tertiary/aromatic N) is 1. The molecule has 25 heavy (non-hydrogen) atoms. The Kier molecular flexibility index (Phi) is 5.03. The second-order valence-electron chi connectivity index (χ2n) is 5.21. The lowest BCUT2D eigenvalue weighted by Crippen LogP contribution is -2.27. The highest BCUT2D eigenvalue weighted by molar-refractivity contribution is 8.18. The Bertz CT molecular complexity index is 917. The van der Waals surface area contributed by atoms with Crippen LogP contribution < -0.4 is 0 Å². The van der Waals surface area contributed by atoms with Crippen LogP contribution in [0.4, 0.5) is 9.18 Å². The Hall–Kier alpha value is -2.02. The van der Waals surface area contributed by atoms with Crippen LogP contribution in [0.1, 0.15) is 11.1 Å². The van der Waals surface area contributed by atoms with Crippen molar-refractivity contribution in [3.05, 3.63) is 68.3 Å². The molecule has 0 spiro atoms. The third-order valence-corrected chi connectivity index (χ3v) is 5.05. The molecule has 0 radical (unpaired) electrons. The van der Waals surface area contributed by atoms with Gasteiger partial charge < -0.3 is 5.11 Å². The Balaban J connectivity index is 1.84. The topological polar surface area (TPSA) is 57.6 Å². The van der Waals surface area contributed by atoms with E-state index in [1.54, 1.807) is 6.07 Å². The Labute approximate surface area is 156 Å². The number of phenols is 1. The van der Waals surface area contributed by atoms with Gasteiger partial charge >= 0.3 is 0 Å². The third kappa shape index (κ3) is 3.81. The molecular formula is C17H10Cl2FNO3S. The highest BCUT2D eigenvalue weighted by atomic mass is 35.5. The van der Waals surface area contributed by atoms with Gasteiger partial charge in [-0.2, -0.15) is 0 Å². The van der Waals surface area contributed by atoms with Gasteiger partial charge in [0.2, 0.25) is 0 Å². The van der Waals surface area contributed by atoms with Gasteiger partial charge in [0.25, 0.3) is 11.1 Å². The molecule has 3 rings (SSSR count). The Morgan fingerprint density at radius 2 is 1.88 bits per heavy atom. The lowest BCUT2D eigenvalue weighted by atomic mass is 10.2. The van der Waals surface area contributed by atoms with Crippen LogP contribution in [0.2, 0.25) is 10.0 Å². The van der Waals surface area contributed by atoms with Crippen LogP contribution in [0.25, 0.3) is 6.08 Å². The molecule has 4 nitrogen and oxygen atoms in total. The number of aromatic hydroxyl groups is 1. The number of phenolic OH excluding ortho intramolecular Hbond substituents is 1. The predicted octanol–water partition coefficient (Wildman–Crippen LogP) is 5.07. The quantitative estimate of drug-likeness (QED) is 0.734. The summed E-state index contributed by atoms with van der Waals surface area (Å²) in [6.07, 6.45) is 1.52. The lowest BCUT2D eigenvalue weighted by molar-refractivity contribution is -0.123. The first-order valence-corrected chi connectivity index (χ1v) is 8.60. The van der Waals surface area contributed by atoms with Crippen LogP contribution in [-0.4, -0.2) is 21.2 Å². The molecule has 128 valence electrons. The fourth-order valence-corrected chi connectivity index (χ4v) is 3.48. The first kappa shape index (κ1) is 17.8. The van der Waals surface area contributed by atoms with E-state index in [2.05, 4.69) is 0 Å². The van der Waals surface area contributed by atoms with E-state index in [1.807, 2.05) is 0 Å². The van der Waals surface area contributed by atoms with E-state index >= 15 is 0 Å². The second-order valence-corrected chi connectivity index (χ2v) is 7.02. The van der Waals surface area contributed by atoms with Gasteiger partial charge in [0.15, 0.2) is 0 Å². The third-order valence-electron chi connectivity index (χ3n) is 3.49. The molecule has 0 bridgehead atoms. The van der Waals surface area contributed by atoms with Crippen molar-refractivity contribution in [3.8, 4) is 5.75 Å². The standard InChI is InChI=1S/C17H10Cl2FNO3S/c18-12-7-11(20)3-2-10(12)8-21-16(23)15(25-17(21)24)6-9-1-4-14(22)13(19)5-9/h1-7,22H,8H2. The minimum absolute atomic E-state index is 0.0442. The molecule has 0 aromatic heterocycles. The van der Waals surface area contributed by atoms with Crippen LogP contribution in [0.5, 0.6) is 5.75 Å². The first-order valence-electron chi connectivity index (χ1n) is 7.03. The maximum Gasteiger partial charge on any atom is 0.293 e. The van der Waals surface area contributed by atoms with Gasteiger partial charge in [-0.25, -0.2) is 4.39 Å². The highest BCUT2D eigenvalue weighted by Crippen LogP contribution is 2.35. The van der Waals surface area contributed by atoms with Gasteiger partial charge in [0, 0.05) is 5.02 Å². The summed E-state index contributed by atoms with van der Waals surface area (Å²) in [4.78, 5) is 25.9. The number of carbonyl (C=O) groups excluding carboxylic acids is 2. The van der Waals surface area contributed by atoms with Crippen molar-refractivity contribution >= 4 is 52.2 Å². The van der Waals surface area contributed by atoms with Crippen LogP contribution in [0.15, 0.2) is 41.3 Å². The molecule has 2 amide bonds. The second kappa shape index (κ2) is 7.07. The zero-order valence-electron chi connectivity index (χ0n) is 12.5. The van der Waals surface area contributed by atoms with Crippen molar-refractivity contribution in [1.82, 2.24) is 4.90 Å². The number of thioether (sulfide) groups is 1. The van der Waals surface area contributed by atoms with Gasteiger partial charge in [0.1, 0.15) is 11.6 Å². The van der Waals surface area contributed by atoms with Crippen molar-refractivity contribution in [3.63, 3.8) is 0 Å². The minimum Gasteiger partial charge on any atom is -0.506 e. The van der Waals surface area contributed by atoms with Gasteiger partial charge in [0.05, 0.1) is 16.5 Å². The molecule has 1 fully saturated rings. The summed E-state index contributed by atoms with van der Waals surface area (Å²) in [7, 11) is 0. The SMILES string of the molecule is O=C1SC(=Cc2ccc(O)c(Cl)c2)C(=O)N1Cc1ccc(F)cc1Cl. The van der Waals surface area contributed by atoms with E-state index in [9.17, 15) is 19.1 Å². The summed E-state index contributed by atoms with van der Waals surface area (Å²) in [5.41, 5.74) is 1.05. The summed E-state index contributed by atoms with van der Waals surface area (Å²) in [6.45, 7) is -0.0442. The Morgan fingerprint density at radius 3 is 2.56 bits per heavy atom. The molecule has 8 heteroatoms. The van der Waals surface area contributed by atoms with E-state index in [1.165, 1.54) is 30.3 Å². The molecule has 0 atom stereocenters. The van der Waals surface area contributed by atoms with Gasteiger partial charge in [-0.3, -0.25) is 14.5 Å². The first-order chi connectivity index (χ1) is 11.8. The molecule has 2 aromatic carbocycles. The number of benzene rings is 2. The number of amides is 2. The number of rotatable bonds is 3. The smallest absolute Gasteiger partial charge is 0.293 e. The van der Waals surface area contributed by atoms with Crippen LogP contribution >= 0.6 is 35.0 Å². The summed E-state index contributed by atoms with van der Waals surface area (Å²) in [6, 6.07) is 8.24. The summed E-state index contributed by atoms with van der Waals surface area (Å²) >= 11 is 12.6. The largest absolute Gasteiger partial charge is 0.506 e. The number of hydrogen-bond donors (Lipinski definition) is 1. The number of hydrogen-bond acceptors (Lipinski definition) is 4. The van der Waals surface area contributed by atoms with Crippen molar-refractivity contribution in [1.29, 1.82) is 0 Å². The summed E-state index contributed by atoms with van der Waals surface area (Å²) in [5.74, 6) is -1.04. The van der Waals surface area contributed by atoms with Crippen LogP contribution in [-0.2, 0) is 11.3 Å². The van der Waals surface area contributed by atoms with Crippen LogP contribution in [0.3, 0.4) is 0 Å². The van der Waals surface area contributed by atoms with Crippen LogP contribution in [0, 0.1) is 5.82 Å². The van der Waals surface area contributed by atoms with Gasteiger partial charge in [-0.15, -0.1) is 0 Å². The Morgan fingerprint density at radius 1 is 1.12 bits per heavy atom. The predicted molar refractivity (Wildman–Crippen MR) is 96.0 cm³/mol. The van der Waals surface area contributed by atoms with E-state index in [4.69, 9.17) is 23.2 Å². The van der Waals surface area contributed by atoms with Gasteiger partial charge in [-0.1, -0.05) is 35.3 Å². The number of halogens is 3. The maximum atomic E-state index is 13.1. The molecular weight excluding hydrogens is 388 g/mol. The van der Waals surface area contributed by atoms with E-state index in [-0.39, 0.29) is 27.2 Å². The molecule has 0 unspecified atom stereocenters. The van der Waals surface area contributed by atoms with Crippen molar-refractivity contribution in [2.75, 3.05) is 0 Å². The number of carbonyl (C=O) groups is 2.